The molecule has 0 radical (unpaired) electrons. The fourth-order valence-electron chi connectivity index (χ4n) is 2.67. The Hall–Kier alpha value is -0.930. The lowest BCUT2D eigenvalue weighted by atomic mass is 9.91. The van der Waals surface area contributed by atoms with Crippen LogP contribution in [0.3, 0.4) is 0 Å². The Balaban J connectivity index is 1.98. The zero-order valence-corrected chi connectivity index (χ0v) is 10.8. The van der Waals surface area contributed by atoms with Crippen LogP contribution in [0.1, 0.15) is 37.1 Å². The number of nitrogens with zero attached hydrogens (tertiary/aromatic N) is 2. The minimum absolute atomic E-state index is 0.168. The third-order valence-electron chi connectivity index (χ3n) is 3.62. The molecule has 17 heavy (non-hydrogen) atoms. The topological polar surface area (TPSA) is 36.4 Å². The lowest BCUT2D eigenvalue weighted by molar-refractivity contribution is 0.0283. The van der Waals surface area contributed by atoms with Crippen molar-refractivity contribution in [3.63, 3.8) is 0 Å². The van der Waals surface area contributed by atoms with Crippen molar-refractivity contribution in [2.45, 2.75) is 51.3 Å². The summed E-state index contributed by atoms with van der Waals surface area (Å²) in [4.78, 5) is 6.75. The summed E-state index contributed by atoms with van der Waals surface area (Å²) in [6, 6.07) is 6.41. The minimum Gasteiger partial charge on any atom is -0.391 e. The van der Waals surface area contributed by atoms with E-state index in [2.05, 4.69) is 23.0 Å². The van der Waals surface area contributed by atoms with Gasteiger partial charge in [-0.15, -0.1) is 0 Å². The van der Waals surface area contributed by atoms with Crippen LogP contribution in [-0.2, 0) is 6.54 Å². The molecule has 3 nitrogen and oxygen atoms in total. The van der Waals surface area contributed by atoms with E-state index in [0.717, 1.165) is 37.2 Å². The van der Waals surface area contributed by atoms with Gasteiger partial charge in [0.1, 0.15) is 0 Å². The first-order chi connectivity index (χ1) is 8.16. The molecule has 1 N–H and O–H groups in total. The average Bonchev–Trinajstić information content (AvgIpc) is 2.29. The third-order valence-corrected chi connectivity index (χ3v) is 3.62. The molecule has 0 bridgehead atoms. The molecule has 3 heteroatoms. The van der Waals surface area contributed by atoms with Gasteiger partial charge in [0.15, 0.2) is 0 Å². The van der Waals surface area contributed by atoms with Crippen LogP contribution in [0.5, 0.6) is 0 Å². The maximum absolute atomic E-state index is 10.0. The van der Waals surface area contributed by atoms with Gasteiger partial charge in [-0.05, 0) is 38.9 Å². The van der Waals surface area contributed by atoms with Crippen molar-refractivity contribution in [1.29, 1.82) is 0 Å². The Morgan fingerprint density at radius 1 is 1.35 bits per heavy atom. The van der Waals surface area contributed by atoms with Crippen molar-refractivity contribution in [2.24, 2.45) is 0 Å². The molecule has 0 aliphatic heterocycles. The van der Waals surface area contributed by atoms with Crippen molar-refractivity contribution in [1.82, 2.24) is 9.88 Å². The first-order valence-electron chi connectivity index (χ1n) is 6.47. The predicted octanol–water partition coefficient (Wildman–Crippen LogP) is 2.13. The molecule has 2 rings (SSSR count). The number of hydrogen-bond donors (Lipinski definition) is 1. The molecule has 0 unspecified atom stereocenters. The van der Waals surface area contributed by atoms with Crippen LogP contribution < -0.4 is 0 Å². The number of aromatic nitrogens is 1. The maximum Gasteiger partial charge on any atom is 0.0695 e. The van der Waals surface area contributed by atoms with Crippen molar-refractivity contribution in [2.75, 3.05) is 7.05 Å². The molecule has 94 valence electrons. The van der Waals surface area contributed by atoms with E-state index in [1.165, 1.54) is 6.42 Å². The standard InChI is InChI=1S/C14H22N2O/c1-11-6-5-7-12(15-11)10-16(2)13-8-3-4-9-14(13)17/h5-7,13-14,17H,3-4,8-10H2,1-2H3/t13-,14-/m0/s1. The first-order valence-corrected chi connectivity index (χ1v) is 6.47. The third kappa shape index (κ3) is 3.27. The SMILES string of the molecule is Cc1cccc(CN(C)[C@H]2CCCC[C@@H]2O)n1. The second-order valence-electron chi connectivity index (χ2n) is 5.10. The molecule has 0 amide bonds. The molecule has 0 spiro atoms. The van der Waals surface area contributed by atoms with Crippen molar-refractivity contribution < 1.29 is 5.11 Å². The van der Waals surface area contributed by atoms with E-state index in [9.17, 15) is 5.11 Å². The van der Waals surface area contributed by atoms with Gasteiger partial charge in [0, 0.05) is 18.3 Å². The van der Waals surface area contributed by atoms with Gasteiger partial charge in [0.2, 0.25) is 0 Å². The van der Waals surface area contributed by atoms with Crippen LogP contribution in [0, 0.1) is 6.92 Å². The average molecular weight is 234 g/mol. The summed E-state index contributed by atoms with van der Waals surface area (Å²) in [5, 5.41) is 10.0. The van der Waals surface area contributed by atoms with Crippen LogP contribution in [0.25, 0.3) is 0 Å². The summed E-state index contributed by atoms with van der Waals surface area (Å²) in [5.74, 6) is 0. The zero-order chi connectivity index (χ0) is 12.3. The molecule has 1 heterocycles. The largest absolute Gasteiger partial charge is 0.391 e. The molecular weight excluding hydrogens is 212 g/mol. The van der Waals surface area contributed by atoms with Crippen LogP contribution >= 0.6 is 0 Å². The van der Waals surface area contributed by atoms with Crippen molar-refractivity contribution in [3.8, 4) is 0 Å². The van der Waals surface area contributed by atoms with Gasteiger partial charge in [-0.3, -0.25) is 9.88 Å². The van der Waals surface area contributed by atoms with Crippen LogP contribution in [-0.4, -0.2) is 34.2 Å². The summed E-state index contributed by atoms with van der Waals surface area (Å²) in [6.45, 7) is 2.84. The normalized spacial score (nSPS) is 25.2. The summed E-state index contributed by atoms with van der Waals surface area (Å²) in [7, 11) is 2.09. The Bertz CT molecular complexity index is 367. The Kier molecular flexibility index (Phi) is 4.13. The number of aryl methyl sites for hydroxylation is 1. The summed E-state index contributed by atoms with van der Waals surface area (Å²) >= 11 is 0. The highest BCUT2D eigenvalue weighted by Gasteiger charge is 2.26. The van der Waals surface area contributed by atoms with Gasteiger partial charge in [-0.2, -0.15) is 0 Å². The van der Waals surface area contributed by atoms with Crippen LogP contribution in [0.2, 0.25) is 0 Å². The van der Waals surface area contributed by atoms with Gasteiger partial charge in [0.05, 0.1) is 11.8 Å². The molecule has 0 saturated heterocycles. The Morgan fingerprint density at radius 3 is 2.82 bits per heavy atom. The highest BCUT2D eigenvalue weighted by atomic mass is 16.3. The van der Waals surface area contributed by atoms with Gasteiger partial charge >= 0.3 is 0 Å². The fourth-order valence-corrected chi connectivity index (χ4v) is 2.67. The van der Waals surface area contributed by atoms with E-state index in [1.807, 2.05) is 19.1 Å². The van der Waals surface area contributed by atoms with E-state index in [0.29, 0.717) is 6.04 Å². The molecule has 1 fully saturated rings. The molecule has 0 aromatic carbocycles. The first kappa shape index (κ1) is 12.5. The summed E-state index contributed by atoms with van der Waals surface area (Å²) in [5.41, 5.74) is 2.14. The summed E-state index contributed by atoms with van der Waals surface area (Å²) < 4.78 is 0. The lowest BCUT2D eigenvalue weighted by Gasteiger charge is -2.35. The zero-order valence-electron chi connectivity index (χ0n) is 10.8. The molecule has 2 atom stereocenters. The number of pyridine rings is 1. The van der Waals surface area contributed by atoms with E-state index in [-0.39, 0.29) is 6.10 Å². The highest BCUT2D eigenvalue weighted by molar-refractivity contribution is 5.10. The van der Waals surface area contributed by atoms with E-state index >= 15 is 0 Å². The molecule has 1 aliphatic rings. The van der Waals surface area contributed by atoms with Crippen LogP contribution in [0.15, 0.2) is 18.2 Å². The maximum atomic E-state index is 10.0. The molecule has 1 saturated carbocycles. The second kappa shape index (κ2) is 5.61. The molecule has 1 aliphatic carbocycles. The second-order valence-corrected chi connectivity index (χ2v) is 5.10. The predicted molar refractivity (Wildman–Crippen MR) is 68.7 cm³/mol. The molecule has 1 aromatic heterocycles. The van der Waals surface area contributed by atoms with E-state index in [4.69, 9.17) is 0 Å². The monoisotopic (exact) mass is 234 g/mol. The van der Waals surface area contributed by atoms with E-state index in [1.54, 1.807) is 0 Å². The quantitative estimate of drug-likeness (QED) is 0.870. The lowest BCUT2D eigenvalue weighted by Crippen LogP contribution is -2.43. The number of aliphatic hydroxyl groups excluding tert-OH is 1. The molecule has 1 aromatic rings. The van der Waals surface area contributed by atoms with E-state index < -0.39 is 0 Å². The number of hydrogen-bond acceptors (Lipinski definition) is 3. The van der Waals surface area contributed by atoms with Gasteiger partial charge in [-0.25, -0.2) is 0 Å². The highest BCUT2D eigenvalue weighted by Crippen LogP contribution is 2.23. The number of aliphatic hydroxyl groups is 1. The number of rotatable bonds is 3. The smallest absolute Gasteiger partial charge is 0.0695 e. The van der Waals surface area contributed by atoms with Gasteiger partial charge in [0.25, 0.3) is 0 Å². The van der Waals surface area contributed by atoms with Gasteiger partial charge in [-0.1, -0.05) is 18.9 Å². The minimum atomic E-state index is -0.168. The Morgan fingerprint density at radius 2 is 2.12 bits per heavy atom. The fraction of sp³-hybridized carbons (Fsp3) is 0.643. The van der Waals surface area contributed by atoms with Crippen molar-refractivity contribution >= 4 is 0 Å². The summed E-state index contributed by atoms with van der Waals surface area (Å²) in [6.07, 6.45) is 4.26. The van der Waals surface area contributed by atoms with Crippen LogP contribution in [0.4, 0.5) is 0 Å². The molecular formula is C14H22N2O. The Labute approximate surface area is 103 Å². The van der Waals surface area contributed by atoms with Gasteiger partial charge < -0.3 is 5.11 Å². The number of likely N-dealkylation sites (N-methyl/N-ethyl adjacent to an activating group) is 1. The van der Waals surface area contributed by atoms with Crippen molar-refractivity contribution in [3.05, 3.63) is 29.6 Å².